The van der Waals surface area contributed by atoms with Gasteiger partial charge in [0.15, 0.2) is 0 Å². The molecule has 0 radical (unpaired) electrons. The van der Waals surface area contributed by atoms with Crippen LogP contribution in [-0.4, -0.2) is 5.75 Å². The van der Waals surface area contributed by atoms with Crippen LogP contribution < -0.4 is 4.74 Å². The van der Waals surface area contributed by atoms with Crippen LogP contribution >= 0.6 is 23.4 Å². The molecular weight excluding hydrogens is 379 g/mol. The van der Waals surface area contributed by atoms with Gasteiger partial charge in [0.05, 0.1) is 0 Å². The molecule has 27 heavy (non-hydrogen) atoms. The van der Waals surface area contributed by atoms with Crippen LogP contribution in [-0.2, 0) is 11.2 Å². The fourth-order valence-electron chi connectivity index (χ4n) is 2.75. The predicted molar refractivity (Wildman–Crippen MR) is 114 cm³/mol. The fourth-order valence-corrected chi connectivity index (χ4v) is 4.07. The second-order valence-corrected chi connectivity index (χ2v) is 8.51. The molecule has 0 aliphatic carbocycles. The zero-order valence-corrected chi connectivity index (χ0v) is 17.0. The Bertz CT molecular complexity index is 876. The molecule has 0 unspecified atom stereocenters. The Morgan fingerprint density at radius 2 is 1.63 bits per heavy atom. The number of thioether (sulfide) groups is 1. The standard InChI is InChI=1S/C23H22ClFOS/c1-23(2,18-6-8-19(24)9-7-18)16-27-15-17-4-3-5-22(14-17)26-21-12-10-20(25)11-13-21/h3-14H,15-16H2,1-2H3. The lowest BCUT2D eigenvalue weighted by Gasteiger charge is -2.25. The second kappa shape index (κ2) is 8.81. The zero-order valence-electron chi connectivity index (χ0n) is 15.4. The highest BCUT2D eigenvalue weighted by molar-refractivity contribution is 7.98. The van der Waals surface area contributed by atoms with Crippen LogP contribution in [0, 0.1) is 5.82 Å². The summed E-state index contributed by atoms with van der Waals surface area (Å²) in [4.78, 5) is 0. The molecule has 0 aromatic heterocycles. The molecule has 0 saturated heterocycles. The maximum atomic E-state index is 13.0. The number of halogens is 2. The quantitative estimate of drug-likeness (QED) is 0.406. The largest absolute Gasteiger partial charge is 0.457 e. The summed E-state index contributed by atoms with van der Waals surface area (Å²) in [6, 6.07) is 22.2. The number of hydrogen-bond donors (Lipinski definition) is 0. The van der Waals surface area contributed by atoms with Crippen LogP contribution in [0.25, 0.3) is 0 Å². The van der Waals surface area contributed by atoms with Gasteiger partial charge >= 0.3 is 0 Å². The van der Waals surface area contributed by atoms with Crippen molar-refractivity contribution in [1.29, 1.82) is 0 Å². The van der Waals surface area contributed by atoms with E-state index in [1.165, 1.54) is 23.3 Å². The number of benzene rings is 3. The smallest absolute Gasteiger partial charge is 0.127 e. The Kier molecular flexibility index (Phi) is 6.46. The highest BCUT2D eigenvalue weighted by atomic mass is 35.5. The van der Waals surface area contributed by atoms with E-state index in [1.54, 1.807) is 12.1 Å². The average molecular weight is 401 g/mol. The van der Waals surface area contributed by atoms with Crippen LogP contribution in [0.15, 0.2) is 72.8 Å². The minimum Gasteiger partial charge on any atom is -0.457 e. The lowest BCUT2D eigenvalue weighted by molar-refractivity contribution is 0.480. The lowest BCUT2D eigenvalue weighted by atomic mass is 9.87. The van der Waals surface area contributed by atoms with Gasteiger partial charge in [-0.3, -0.25) is 0 Å². The van der Waals surface area contributed by atoms with Crippen molar-refractivity contribution in [2.75, 3.05) is 5.75 Å². The first-order valence-electron chi connectivity index (χ1n) is 8.78. The van der Waals surface area contributed by atoms with Crippen molar-refractivity contribution in [1.82, 2.24) is 0 Å². The normalized spacial score (nSPS) is 11.4. The molecule has 1 nitrogen and oxygen atoms in total. The van der Waals surface area contributed by atoms with E-state index in [4.69, 9.17) is 16.3 Å². The molecule has 0 heterocycles. The summed E-state index contributed by atoms with van der Waals surface area (Å²) in [6.07, 6.45) is 0. The molecule has 3 aromatic carbocycles. The molecule has 0 bridgehead atoms. The Hall–Kier alpha value is -1.97. The van der Waals surface area contributed by atoms with Crippen LogP contribution in [0.5, 0.6) is 11.5 Å². The third-order valence-corrected chi connectivity index (χ3v) is 6.02. The van der Waals surface area contributed by atoms with E-state index in [0.29, 0.717) is 5.75 Å². The lowest BCUT2D eigenvalue weighted by Crippen LogP contribution is -2.20. The number of rotatable bonds is 7. The van der Waals surface area contributed by atoms with E-state index in [0.717, 1.165) is 22.3 Å². The fraction of sp³-hybridized carbons (Fsp3) is 0.217. The van der Waals surface area contributed by atoms with Crippen LogP contribution in [0.3, 0.4) is 0 Å². The summed E-state index contributed by atoms with van der Waals surface area (Å²) in [5, 5.41) is 0.764. The third-order valence-electron chi connectivity index (χ3n) is 4.31. The Balaban J connectivity index is 1.58. The maximum absolute atomic E-state index is 13.0. The van der Waals surface area contributed by atoms with Crippen LogP contribution in [0.1, 0.15) is 25.0 Å². The zero-order chi connectivity index (χ0) is 19.3. The van der Waals surface area contributed by atoms with E-state index in [-0.39, 0.29) is 11.2 Å². The molecule has 140 valence electrons. The van der Waals surface area contributed by atoms with Crippen molar-refractivity contribution in [3.05, 3.63) is 94.8 Å². The maximum Gasteiger partial charge on any atom is 0.127 e. The van der Waals surface area contributed by atoms with Gasteiger partial charge in [-0.2, -0.15) is 11.8 Å². The van der Waals surface area contributed by atoms with E-state index in [1.807, 2.05) is 42.1 Å². The molecule has 3 aromatic rings. The number of ether oxygens (including phenoxy) is 1. The van der Waals surface area contributed by atoms with Crippen molar-refractivity contribution >= 4 is 23.4 Å². The van der Waals surface area contributed by atoms with Crippen molar-refractivity contribution in [3.63, 3.8) is 0 Å². The summed E-state index contributed by atoms with van der Waals surface area (Å²) in [6.45, 7) is 4.49. The average Bonchev–Trinajstić information content (AvgIpc) is 2.64. The molecule has 0 spiro atoms. The first-order chi connectivity index (χ1) is 12.9. The van der Waals surface area contributed by atoms with E-state index < -0.39 is 0 Å². The molecule has 0 saturated carbocycles. The highest BCUT2D eigenvalue weighted by Gasteiger charge is 2.20. The van der Waals surface area contributed by atoms with Crippen molar-refractivity contribution in [2.45, 2.75) is 25.0 Å². The highest BCUT2D eigenvalue weighted by Crippen LogP contribution is 2.31. The monoisotopic (exact) mass is 400 g/mol. The van der Waals surface area contributed by atoms with Crippen molar-refractivity contribution < 1.29 is 9.13 Å². The summed E-state index contributed by atoms with van der Waals surface area (Å²) < 4.78 is 18.8. The molecule has 0 aliphatic heterocycles. The van der Waals surface area contributed by atoms with Gasteiger partial charge in [-0.15, -0.1) is 0 Å². The van der Waals surface area contributed by atoms with Gasteiger partial charge in [-0.1, -0.05) is 49.7 Å². The molecule has 0 atom stereocenters. The summed E-state index contributed by atoms with van der Waals surface area (Å²) in [5.74, 6) is 3.02. The summed E-state index contributed by atoms with van der Waals surface area (Å²) in [7, 11) is 0. The topological polar surface area (TPSA) is 9.23 Å². The molecular formula is C23H22ClFOS. The van der Waals surface area contributed by atoms with E-state index in [2.05, 4.69) is 32.0 Å². The SMILES string of the molecule is CC(C)(CSCc1cccc(Oc2ccc(F)cc2)c1)c1ccc(Cl)cc1. The minimum atomic E-state index is -0.268. The Labute approximate surface area is 169 Å². The second-order valence-electron chi connectivity index (χ2n) is 7.09. The Morgan fingerprint density at radius 1 is 0.926 bits per heavy atom. The van der Waals surface area contributed by atoms with Gasteiger partial charge in [0, 0.05) is 16.5 Å². The van der Waals surface area contributed by atoms with E-state index >= 15 is 0 Å². The molecule has 4 heteroatoms. The van der Waals surface area contributed by atoms with Crippen LogP contribution in [0.4, 0.5) is 4.39 Å². The van der Waals surface area contributed by atoms with E-state index in [9.17, 15) is 4.39 Å². The summed E-state index contributed by atoms with van der Waals surface area (Å²) in [5.41, 5.74) is 2.55. The van der Waals surface area contributed by atoms with Crippen molar-refractivity contribution in [3.8, 4) is 11.5 Å². The van der Waals surface area contributed by atoms with Gasteiger partial charge in [0.2, 0.25) is 0 Å². The Morgan fingerprint density at radius 3 is 2.33 bits per heavy atom. The van der Waals surface area contributed by atoms with Gasteiger partial charge in [-0.25, -0.2) is 4.39 Å². The molecule has 0 aliphatic rings. The molecule has 0 amide bonds. The first-order valence-corrected chi connectivity index (χ1v) is 10.3. The first kappa shape index (κ1) is 19.8. The van der Waals surface area contributed by atoms with Crippen LogP contribution in [0.2, 0.25) is 5.02 Å². The number of hydrogen-bond acceptors (Lipinski definition) is 2. The third kappa shape index (κ3) is 5.75. The van der Waals surface area contributed by atoms with Crippen molar-refractivity contribution in [2.24, 2.45) is 0 Å². The minimum absolute atomic E-state index is 0.0669. The van der Waals surface area contributed by atoms with Gasteiger partial charge in [-0.05, 0) is 65.1 Å². The van der Waals surface area contributed by atoms with Gasteiger partial charge in [0.25, 0.3) is 0 Å². The summed E-state index contributed by atoms with van der Waals surface area (Å²) >= 11 is 7.88. The van der Waals surface area contributed by atoms with Gasteiger partial charge < -0.3 is 4.74 Å². The predicted octanol–water partition coefficient (Wildman–Crippen LogP) is 7.48. The molecule has 0 fully saturated rings. The molecule has 3 rings (SSSR count). The van der Waals surface area contributed by atoms with Gasteiger partial charge in [0.1, 0.15) is 17.3 Å². The molecule has 0 N–H and O–H groups in total.